The Hall–Kier alpha value is -0.890. The minimum absolute atomic E-state index is 0.206. The van der Waals surface area contributed by atoms with Crippen molar-refractivity contribution in [3.63, 3.8) is 0 Å². The molecule has 1 aromatic carbocycles. The van der Waals surface area contributed by atoms with Crippen LogP contribution in [0, 0.1) is 5.82 Å². The summed E-state index contributed by atoms with van der Waals surface area (Å²) in [5.74, 6) is -0.408. The van der Waals surface area contributed by atoms with Crippen molar-refractivity contribution in [1.29, 1.82) is 0 Å². The summed E-state index contributed by atoms with van der Waals surface area (Å²) in [6, 6.07) is 4.06. The van der Waals surface area contributed by atoms with E-state index in [9.17, 15) is 9.18 Å². The molecule has 0 aliphatic carbocycles. The van der Waals surface area contributed by atoms with Gasteiger partial charge in [0.2, 0.25) is 0 Å². The van der Waals surface area contributed by atoms with Gasteiger partial charge in [-0.2, -0.15) is 0 Å². The van der Waals surface area contributed by atoms with Crippen LogP contribution in [0.3, 0.4) is 0 Å². The maximum atomic E-state index is 12.6. The molecule has 0 fully saturated rings. The zero-order valence-corrected chi connectivity index (χ0v) is 6.44. The molecule has 0 spiro atoms. The largest absolute Gasteiger partial charge is 0.303 e. The van der Waals surface area contributed by atoms with Gasteiger partial charge in [0, 0.05) is 11.4 Å². The van der Waals surface area contributed by atoms with Crippen LogP contribution in [0.5, 0.6) is 0 Å². The van der Waals surface area contributed by atoms with Gasteiger partial charge in [-0.05, 0) is 23.8 Å². The Balaban J connectivity index is 2.98. The van der Waals surface area contributed by atoms with Gasteiger partial charge in [-0.25, -0.2) is 4.39 Å². The standard InChI is InChI=1S/C8H6ClFO/c9-7-3-6(1-2-11)4-8(10)5-7/h2-5H,1H2. The third-order valence-corrected chi connectivity index (χ3v) is 1.46. The van der Waals surface area contributed by atoms with Crippen LogP contribution in [0.2, 0.25) is 5.02 Å². The Morgan fingerprint density at radius 1 is 1.45 bits per heavy atom. The highest BCUT2D eigenvalue weighted by Crippen LogP contribution is 2.13. The molecule has 0 unspecified atom stereocenters. The summed E-state index contributed by atoms with van der Waals surface area (Å²) in [5.41, 5.74) is 0.602. The van der Waals surface area contributed by atoms with E-state index in [1.165, 1.54) is 12.1 Å². The lowest BCUT2D eigenvalue weighted by atomic mass is 10.2. The smallest absolute Gasteiger partial charge is 0.124 e. The molecule has 0 heterocycles. The first-order chi connectivity index (χ1) is 5.22. The number of rotatable bonds is 2. The highest BCUT2D eigenvalue weighted by atomic mass is 35.5. The first-order valence-corrected chi connectivity index (χ1v) is 3.49. The van der Waals surface area contributed by atoms with Crippen LogP contribution in [0.25, 0.3) is 0 Å². The molecule has 0 aliphatic rings. The van der Waals surface area contributed by atoms with Crippen LogP contribution >= 0.6 is 11.6 Å². The molecule has 58 valence electrons. The predicted octanol–water partition coefficient (Wildman–Crippen LogP) is 2.22. The summed E-state index contributed by atoms with van der Waals surface area (Å²) in [5, 5.41) is 0.321. The summed E-state index contributed by atoms with van der Waals surface area (Å²) in [6.07, 6.45) is 0.919. The average Bonchev–Trinajstić information content (AvgIpc) is 1.85. The molecule has 3 heteroatoms. The summed E-state index contributed by atoms with van der Waals surface area (Å²) in [7, 11) is 0. The highest BCUT2D eigenvalue weighted by molar-refractivity contribution is 6.30. The fourth-order valence-electron chi connectivity index (χ4n) is 0.825. The number of halogens is 2. The Bertz CT molecular complexity index is 253. The zero-order chi connectivity index (χ0) is 8.27. The van der Waals surface area contributed by atoms with Crippen molar-refractivity contribution in [2.75, 3.05) is 0 Å². The van der Waals surface area contributed by atoms with Gasteiger partial charge in [-0.15, -0.1) is 0 Å². The van der Waals surface area contributed by atoms with E-state index < -0.39 is 5.82 Å². The van der Waals surface area contributed by atoms with Gasteiger partial charge in [-0.3, -0.25) is 0 Å². The summed E-state index contributed by atoms with van der Waals surface area (Å²) < 4.78 is 12.6. The van der Waals surface area contributed by atoms with E-state index in [0.29, 0.717) is 16.9 Å². The second-order valence-electron chi connectivity index (χ2n) is 2.15. The van der Waals surface area contributed by atoms with Crippen molar-refractivity contribution in [2.24, 2.45) is 0 Å². The summed E-state index contributed by atoms with van der Waals surface area (Å²) >= 11 is 5.53. The van der Waals surface area contributed by atoms with Gasteiger partial charge in [0.25, 0.3) is 0 Å². The Morgan fingerprint density at radius 2 is 2.18 bits per heavy atom. The van der Waals surface area contributed by atoms with Crippen molar-refractivity contribution in [3.8, 4) is 0 Å². The van der Waals surface area contributed by atoms with E-state index in [2.05, 4.69) is 0 Å². The van der Waals surface area contributed by atoms with Gasteiger partial charge in [0.05, 0.1) is 0 Å². The molecule has 0 aliphatic heterocycles. The molecule has 0 radical (unpaired) electrons. The molecule has 0 bridgehead atoms. The quantitative estimate of drug-likeness (QED) is 0.626. The van der Waals surface area contributed by atoms with E-state index in [1.807, 2.05) is 0 Å². The first-order valence-electron chi connectivity index (χ1n) is 3.11. The second kappa shape index (κ2) is 3.49. The normalized spacial score (nSPS) is 9.64. The van der Waals surface area contributed by atoms with Crippen LogP contribution < -0.4 is 0 Å². The van der Waals surface area contributed by atoms with Crippen molar-refractivity contribution in [3.05, 3.63) is 34.6 Å². The Labute approximate surface area is 68.8 Å². The van der Waals surface area contributed by atoms with Crippen LogP contribution in [-0.4, -0.2) is 6.29 Å². The summed E-state index contributed by atoms with van der Waals surface area (Å²) in [6.45, 7) is 0. The van der Waals surface area contributed by atoms with E-state index in [-0.39, 0.29) is 6.42 Å². The number of benzene rings is 1. The molecule has 0 N–H and O–H groups in total. The number of hydrogen-bond donors (Lipinski definition) is 0. The fourth-order valence-corrected chi connectivity index (χ4v) is 1.07. The first kappa shape index (κ1) is 8.21. The van der Waals surface area contributed by atoms with Crippen molar-refractivity contribution < 1.29 is 9.18 Å². The number of carbonyl (C=O) groups is 1. The van der Waals surface area contributed by atoms with Gasteiger partial charge < -0.3 is 4.79 Å². The van der Waals surface area contributed by atoms with Gasteiger partial charge in [-0.1, -0.05) is 11.6 Å². The van der Waals surface area contributed by atoms with Crippen molar-refractivity contribution >= 4 is 17.9 Å². The van der Waals surface area contributed by atoms with Gasteiger partial charge in [0.1, 0.15) is 12.1 Å². The molecule has 1 aromatic rings. The lowest BCUT2D eigenvalue weighted by molar-refractivity contribution is -0.107. The molecular formula is C8H6ClFO. The molecule has 0 saturated carbocycles. The fraction of sp³-hybridized carbons (Fsp3) is 0.125. The molecular weight excluding hydrogens is 167 g/mol. The highest BCUT2D eigenvalue weighted by Gasteiger charge is 1.97. The minimum Gasteiger partial charge on any atom is -0.303 e. The molecule has 1 rings (SSSR count). The number of hydrogen-bond acceptors (Lipinski definition) is 1. The third-order valence-electron chi connectivity index (χ3n) is 1.24. The summed E-state index contributed by atoms with van der Waals surface area (Å²) in [4.78, 5) is 10.0. The average molecular weight is 173 g/mol. The predicted molar refractivity (Wildman–Crippen MR) is 41.2 cm³/mol. The maximum absolute atomic E-state index is 12.6. The van der Waals surface area contributed by atoms with Crippen LogP contribution in [-0.2, 0) is 11.2 Å². The molecule has 0 atom stereocenters. The Morgan fingerprint density at radius 3 is 2.73 bits per heavy atom. The Kier molecular flexibility index (Phi) is 2.60. The van der Waals surface area contributed by atoms with Crippen LogP contribution in [0.15, 0.2) is 18.2 Å². The number of carbonyl (C=O) groups excluding carboxylic acids is 1. The number of aldehydes is 1. The lowest BCUT2D eigenvalue weighted by Crippen LogP contribution is -1.86. The monoisotopic (exact) mass is 172 g/mol. The van der Waals surface area contributed by atoms with Gasteiger partial charge >= 0.3 is 0 Å². The lowest BCUT2D eigenvalue weighted by Gasteiger charge is -1.96. The van der Waals surface area contributed by atoms with Crippen LogP contribution in [0.1, 0.15) is 5.56 Å². The second-order valence-corrected chi connectivity index (χ2v) is 2.58. The van der Waals surface area contributed by atoms with Crippen molar-refractivity contribution in [2.45, 2.75) is 6.42 Å². The zero-order valence-electron chi connectivity index (χ0n) is 5.68. The minimum atomic E-state index is -0.408. The maximum Gasteiger partial charge on any atom is 0.124 e. The van der Waals surface area contributed by atoms with E-state index in [0.717, 1.165) is 0 Å². The molecule has 11 heavy (non-hydrogen) atoms. The molecule has 0 aromatic heterocycles. The van der Waals surface area contributed by atoms with Crippen molar-refractivity contribution in [1.82, 2.24) is 0 Å². The topological polar surface area (TPSA) is 17.1 Å². The van der Waals surface area contributed by atoms with Crippen LogP contribution in [0.4, 0.5) is 4.39 Å². The van der Waals surface area contributed by atoms with E-state index >= 15 is 0 Å². The van der Waals surface area contributed by atoms with E-state index in [4.69, 9.17) is 11.6 Å². The third kappa shape index (κ3) is 2.31. The van der Waals surface area contributed by atoms with E-state index in [1.54, 1.807) is 6.07 Å². The SMILES string of the molecule is O=CCc1cc(F)cc(Cl)c1. The van der Waals surface area contributed by atoms with Gasteiger partial charge in [0.15, 0.2) is 0 Å². The molecule has 0 amide bonds. The molecule has 1 nitrogen and oxygen atoms in total. The molecule has 0 saturated heterocycles.